The van der Waals surface area contributed by atoms with E-state index < -0.39 is 0 Å². The zero-order valence-corrected chi connectivity index (χ0v) is 25.6. The zero-order chi connectivity index (χ0) is 31.6. The number of hydrogen-bond donors (Lipinski definition) is 1. The maximum Gasteiger partial charge on any atom is 0.160 e. The number of nitrogens with zero attached hydrogens (tertiary/aromatic N) is 3. The normalized spacial score (nSPS) is 14.9. The van der Waals surface area contributed by atoms with Crippen molar-refractivity contribution in [3.05, 3.63) is 163 Å². The van der Waals surface area contributed by atoms with Crippen LogP contribution in [0.25, 0.3) is 65.8 Å². The van der Waals surface area contributed by atoms with E-state index in [0.29, 0.717) is 5.84 Å². The number of rotatable bonds is 4. The van der Waals surface area contributed by atoms with E-state index in [-0.39, 0.29) is 6.17 Å². The fourth-order valence-corrected chi connectivity index (χ4v) is 7.12. The quantitative estimate of drug-likeness (QED) is 0.213. The van der Waals surface area contributed by atoms with E-state index in [1.165, 1.54) is 0 Å². The fraction of sp³-hybridized carbons (Fsp3) is 0.0238. The van der Waals surface area contributed by atoms with Crippen LogP contribution in [0, 0.1) is 0 Å². The number of amidine groups is 2. The molecule has 1 atom stereocenters. The van der Waals surface area contributed by atoms with Crippen molar-refractivity contribution in [2.24, 2.45) is 9.98 Å². The highest BCUT2D eigenvalue weighted by Crippen LogP contribution is 2.40. The highest BCUT2D eigenvalue weighted by molar-refractivity contribution is 6.24. The Morgan fingerprint density at radius 3 is 1.92 bits per heavy atom. The molecule has 1 aliphatic heterocycles. The number of aromatic nitrogens is 1. The number of fused-ring (bicyclic) bond motifs is 7. The van der Waals surface area contributed by atoms with Crippen LogP contribution in [0.1, 0.15) is 22.9 Å². The SMILES string of the molecule is c1ccc(C2N=C(c3cccc4oc5ccccc5c34)N=C(c3cccc4c(-c5cccc6oc7ccncc7c56)cccc34)N2)cc1. The molecule has 0 spiro atoms. The second kappa shape index (κ2) is 10.5. The Morgan fingerprint density at radius 1 is 0.479 bits per heavy atom. The van der Waals surface area contributed by atoms with Gasteiger partial charge in [-0.3, -0.25) is 4.98 Å². The molecule has 6 nitrogen and oxygen atoms in total. The van der Waals surface area contributed by atoms with E-state index >= 15 is 0 Å². The van der Waals surface area contributed by atoms with Crippen LogP contribution >= 0.6 is 0 Å². The van der Waals surface area contributed by atoms with Gasteiger partial charge in [-0.1, -0.05) is 109 Å². The lowest BCUT2D eigenvalue weighted by atomic mass is 9.92. The third kappa shape index (κ3) is 4.09. The Kier molecular flexibility index (Phi) is 5.84. The van der Waals surface area contributed by atoms with Gasteiger partial charge in [-0.05, 0) is 51.7 Å². The van der Waals surface area contributed by atoms with Gasteiger partial charge in [0.1, 0.15) is 34.3 Å². The van der Waals surface area contributed by atoms with Crippen molar-refractivity contribution in [2.75, 3.05) is 0 Å². The monoisotopic (exact) mass is 618 g/mol. The van der Waals surface area contributed by atoms with Crippen LogP contribution in [0.5, 0.6) is 0 Å². The number of furan rings is 2. The van der Waals surface area contributed by atoms with Crippen molar-refractivity contribution in [1.29, 1.82) is 0 Å². The molecular weight excluding hydrogens is 592 g/mol. The molecule has 0 fully saturated rings. The Morgan fingerprint density at radius 2 is 1.08 bits per heavy atom. The van der Waals surface area contributed by atoms with Crippen molar-refractivity contribution >= 4 is 66.3 Å². The molecule has 6 aromatic carbocycles. The minimum Gasteiger partial charge on any atom is -0.456 e. The van der Waals surface area contributed by atoms with E-state index in [2.05, 4.69) is 83.1 Å². The summed E-state index contributed by atoms with van der Waals surface area (Å²) in [5.41, 5.74) is 8.53. The summed E-state index contributed by atoms with van der Waals surface area (Å²) in [6.45, 7) is 0. The Bertz CT molecular complexity index is 2770. The molecule has 48 heavy (non-hydrogen) atoms. The smallest absolute Gasteiger partial charge is 0.160 e. The molecule has 6 heteroatoms. The van der Waals surface area contributed by atoms with Crippen LogP contribution in [0.15, 0.2) is 165 Å². The van der Waals surface area contributed by atoms with Gasteiger partial charge < -0.3 is 14.2 Å². The van der Waals surface area contributed by atoms with E-state index in [1.807, 2.05) is 66.9 Å². The lowest BCUT2D eigenvalue weighted by Gasteiger charge is -2.24. The van der Waals surface area contributed by atoms with Gasteiger partial charge in [0.25, 0.3) is 0 Å². The predicted octanol–water partition coefficient (Wildman–Crippen LogP) is 10.2. The lowest BCUT2D eigenvalue weighted by Crippen LogP contribution is -2.33. The van der Waals surface area contributed by atoms with Gasteiger partial charge in [-0.2, -0.15) is 0 Å². The first-order valence-electron chi connectivity index (χ1n) is 16.0. The summed E-state index contributed by atoms with van der Waals surface area (Å²) in [6.07, 6.45) is 3.32. The van der Waals surface area contributed by atoms with Gasteiger partial charge in [0.15, 0.2) is 5.84 Å². The fourth-order valence-electron chi connectivity index (χ4n) is 7.12. The van der Waals surface area contributed by atoms with Crippen LogP contribution in [-0.4, -0.2) is 16.7 Å². The maximum atomic E-state index is 6.24. The van der Waals surface area contributed by atoms with Crippen molar-refractivity contribution in [2.45, 2.75) is 6.17 Å². The van der Waals surface area contributed by atoms with Crippen molar-refractivity contribution in [3.8, 4) is 11.1 Å². The molecule has 0 saturated carbocycles. The van der Waals surface area contributed by atoms with Gasteiger partial charge in [-0.25, -0.2) is 9.98 Å². The molecule has 0 radical (unpaired) electrons. The zero-order valence-electron chi connectivity index (χ0n) is 25.6. The molecule has 4 heterocycles. The third-order valence-electron chi connectivity index (χ3n) is 9.27. The van der Waals surface area contributed by atoms with Crippen LogP contribution in [0.2, 0.25) is 0 Å². The molecule has 0 amide bonds. The summed E-state index contributed by atoms with van der Waals surface area (Å²) < 4.78 is 12.5. The lowest BCUT2D eigenvalue weighted by molar-refractivity contribution is 0.668. The van der Waals surface area contributed by atoms with Gasteiger partial charge in [0, 0.05) is 45.1 Å². The highest BCUT2D eigenvalue weighted by Gasteiger charge is 2.25. The Labute approximate surface area is 274 Å². The average molecular weight is 619 g/mol. The second-order valence-corrected chi connectivity index (χ2v) is 12.0. The standard InChI is InChI=1S/C42H26N4O2/c1-2-10-25(11-3-1)40-44-41(46-42(45-40)32-18-9-21-37-39(32)31-12-4-5-19-34(31)47-37)30-17-7-13-26-27(14-6-15-28(26)30)29-16-8-20-36-38(29)33-24-43-23-22-35(33)48-36/h1-24,40H,(H,44,45,46). The predicted molar refractivity (Wildman–Crippen MR) is 194 cm³/mol. The van der Waals surface area contributed by atoms with E-state index in [9.17, 15) is 0 Å². The van der Waals surface area contributed by atoms with Gasteiger partial charge in [0.2, 0.25) is 0 Å². The van der Waals surface area contributed by atoms with Crippen molar-refractivity contribution < 1.29 is 8.83 Å². The van der Waals surface area contributed by atoms with Crippen molar-refractivity contribution in [3.63, 3.8) is 0 Å². The van der Waals surface area contributed by atoms with E-state index in [4.69, 9.17) is 18.8 Å². The van der Waals surface area contributed by atoms with Gasteiger partial charge >= 0.3 is 0 Å². The van der Waals surface area contributed by atoms with Gasteiger partial charge in [0.05, 0.1) is 0 Å². The average Bonchev–Trinajstić information content (AvgIpc) is 3.73. The summed E-state index contributed by atoms with van der Waals surface area (Å²) in [5, 5.41) is 10.0. The summed E-state index contributed by atoms with van der Waals surface area (Å²) >= 11 is 0. The molecule has 0 saturated heterocycles. The van der Waals surface area contributed by atoms with Crippen molar-refractivity contribution in [1.82, 2.24) is 10.3 Å². The minimum absolute atomic E-state index is 0.334. The largest absolute Gasteiger partial charge is 0.456 e. The number of pyridine rings is 1. The summed E-state index contributed by atoms with van der Waals surface area (Å²) in [5.74, 6) is 1.42. The Hall–Kier alpha value is -6.53. The summed E-state index contributed by atoms with van der Waals surface area (Å²) in [7, 11) is 0. The summed E-state index contributed by atoms with van der Waals surface area (Å²) in [6, 6.07) is 45.6. The molecule has 1 aliphatic rings. The molecule has 1 N–H and O–H groups in total. The molecule has 226 valence electrons. The molecule has 9 aromatic rings. The molecule has 1 unspecified atom stereocenters. The first kappa shape index (κ1) is 26.7. The van der Waals surface area contributed by atoms with Crippen LogP contribution < -0.4 is 5.32 Å². The molecule has 10 rings (SSSR count). The molecule has 3 aromatic heterocycles. The maximum absolute atomic E-state index is 6.24. The first-order valence-corrected chi connectivity index (χ1v) is 16.0. The topological polar surface area (TPSA) is 75.9 Å². The molecule has 0 bridgehead atoms. The number of para-hydroxylation sites is 1. The van der Waals surface area contributed by atoms with Gasteiger partial charge in [-0.15, -0.1) is 0 Å². The Balaban J connectivity index is 1.19. The number of hydrogen-bond acceptors (Lipinski definition) is 6. The summed E-state index contributed by atoms with van der Waals surface area (Å²) in [4.78, 5) is 14.9. The minimum atomic E-state index is -0.334. The van der Waals surface area contributed by atoms with Crippen LogP contribution in [-0.2, 0) is 0 Å². The molecule has 0 aliphatic carbocycles. The molecular formula is C42H26N4O2. The van der Waals surface area contributed by atoms with E-state index in [1.54, 1.807) is 6.20 Å². The first-order chi connectivity index (χ1) is 23.8. The van der Waals surface area contributed by atoms with Crippen LogP contribution in [0.4, 0.5) is 0 Å². The number of benzene rings is 6. The van der Waals surface area contributed by atoms with Crippen LogP contribution in [0.3, 0.4) is 0 Å². The van der Waals surface area contributed by atoms with E-state index in [0.717, 1.165) is 88.3 Å². The third-order valence-corrected chi connectivity index (χ3v) is 9.27. The highest BCUT2D eigenvalue weighted by atomic mass is 16.3. The number of aliphatic imine (C=N–C) groups is 2. The second-order valence-electron chi connectivity index (χ2n) is 12.0. The number of nitrogens with one attached hydrogen (secondary N) is 1.